The predicted molar refractivity (Wildman–Crippen MR) is 109 cm³/mol. The van der Waals surface area contributed by atoms with Gasteiger partial charge >= 0.3 is 0 Å². The molecular weight excluding hydrogens is 450 g/mol. The van der Waals surface area contributed by atoms with Crippen molar-refractivity contribution < 1.29 is 22.7 Å². The first-order chi connectivity index (χ1) is 13.2. The Morgan fingerprint density at radius 2 is 1.93 bits per heavy atom. The molecule has 0 bridgehead atoms. The van der Waals surface area contributed by atoms with Crippen LogP contribution in [-0.4, -0.2) is 53.3 Å². The molecule has 0 unspecified atom stereocenters. The number of likely N-dealkylation sites (N-methyl/N-ethyl adjacent to an activating group) is 1. The van der Waals surface area contributed by atoms with Gasteiger partial charge in [0.25, 0.3) is 15.9 Å². The van der Waals surface area contributed by atoms with Crippen molar-refractivity contribution in [2.45, 2.75) is 4.90 Å². The van der Waals surface area contributed by atoms with Crippen molar-refractivity contribution in [1.82, 2.24) is 9.73 Å². The van der Waals surface area contributed by atoms with Gasteiger partial charge in [-0.3, -0.25) is 4.79 Å². The molecule has 0 aromatic heterocycles. The van der Waals surface area contributed by atoms with Gasteiger partial charge in [-0.25, -0.2) is 4.83 Å². The summed E-state index contributed by atoms with van der Waals surface area (Å²) >= 11 is 3.36. The molecule has 8 nitrogen and oxygen atoms in total. The number of hydrazone groups is 1. The SMILES string of the molecule is COc1cc(/C=N\NS(=O)(=O)c2ccccc2)cc(Br)c1OCC(=O)N(C)C. The smallest absolute Gasteiger partial charge is 0.276 e. The van der Waals surface area contributed by atoms with Crippen molar-refractivity contribution in [1.29, 1.82) is 0 Å². The molecule has 28 heavy (non-hydrogen) atoms. The lowest BCUT2D eigenvalue weighted by molar-refractivity contribution is -0.130. The van der Waals surface area contributed by atoms with Crippen LogP contribution in [0.1, 0.15) is 5.56 Å². The lowest BCUT2D eigenvalue weighted by Gasteiger charge is -2.15. The van der Waals surface area contributed by atoms with Crippen molar-refractivity contribution in [2.75, 3.05) is 27.8 Å². The average Bonchev–Trinajstić information content (AvgIpc) is 2.67. The summed E-state index contributed by atoms with van der Waals surface area (Å²) in [6.45, 7) is -0.147. The number of ether oxygens (including phenoxy) is 2. The van der Waals surface area contributed by atoms with Crippen molar-refractivity contribution in [3.63, 3.8) is 0 Å². The number of halogens is 1. The minimum atomic E-state index is -3.75. The van der Waals surface area contributed by atoms with Crippen LogP contribution in [0.3, 0.4) is 0 Å². The molecule has 0 saturated carbocycles. The van der Waals surface area contributed by atoms with E-state index in [0.717, 1.165) is 0 Å². The van der Waals surface area contributed by atoms with E-state index >= 15 is 0 Å². The maximum absolute atomic E-state index is 12.2. The zero-order chi connectivity index (χ0) is 20.7. The minimum Gasteiger partial charge on any atom is -0.493 e. The number of rotatable bonds is 8. The number of benzene rings is 2. The number of nitrogens with zero attached hydrogens (tertiary/aromatic N) is 2. The summed E-state index contributed by atoms with van der Waals surface area (Å²) in [7, 11) is 0.977. The van der Waals surface area contributed by atoms with Gasteiger partial charge in [-0.2, -0.15) is 13.5 Å². The molecule has 150 valence electrons. The average molecular weight is 470 g/mol. The lowest BCUT2D eigenvalue weighted by atomic mass is 10.2. The first-order valence-corrected chi connectivity index (χ1v) is 10.3. The fourth-order valence-electron chi connectivity index (χ4n) is 2.04. The van der Waals surface area contributed by atoms with E-state index < -0.39 is 10.0 Å². The lowest BCUT2D eigenvalue weighted by Crippen LogP contribution is -2.27. The maximum Gasteiger partial charge on any atom is 0.276 e. The number of methoxy groups -OCH3 is 1. The number of hydrogen-bond acceptors (Lipinski definition) is 6. The number of sulfonamides is 1. The van der Waals surface area contributed by atoms with Crippen LogP contribution in [0.2, 0.25) is 0 Å². The van der Waals surface area contributed by atoms with E-state index in [9.17, 15) is 13.2 Å². The van der Waals surface area contributed by atoms with Gasteiger partial charge in [0.1, 0.15) is 0 Å². The van der Waals surface area contributed by atoms with Crippen LogP contribution in [0.15, 0.2) is 56.9 Å². The molecule has 0 spiro atoms. The van der Waals surface area contributed by atoms with Crippen LogP contribution in [0.4, 0.5) is 0 Å². The Kier molecular flexibility index (Phi) is 7.41. The molecule has 0 aliphatic heterocycles. The first kappa shape index (κ1) is 21.7. The minimum absolute atomic E-state index is 0.111. The molecule has 2 rings (SSSR count). The molecular formula is C18H20BrN3O5S. The Hall–Kier alpha value is -2.59. The van der Waals surface area contributed by atoms with Crippen LogP contribution in [0, 0.1) is 0 Å². The summed E-state index contributed by atoms with van der Waals surface area (Å²) in [5.41, 5.74) is 0.561. The Labute approximate surface area is 172 Å². The van der Waals surface area contributed by atoms with E-state index in [2.05, 4.69) is 25.9 Å². The van der Waals surface area contributed by atoms with Gasteiger partial charge in [-0.05, 0) is 45.8 Å². The van der Waals surface area contributed by atoms with E-state index in [4.69, 9.17) is 9.47 Å². The van der Waals surface area contributed by atoms with Crippen LogP contribution in [0.25, 0.3) is 0 Å². The van der Waals surface area contributed by atoms with Gasteiger partial charge in [0, 0.05) is 14.1 Å². The molecule has 0 saturated heterocycles. The highest BCUT2D eigenvalue weighted by Gasteiger charge is 2.15. The molecule has 2 aromatic rings. The Bertz CT molecular complexity index is 963. The summed E-state index contributed by atoms with van der Waals surface area (Å²) in [5.74, 6) is 0.530. The van der Waals surface area contributed by atoms with Crippen LogP contribution < -0.4 is 14.3 Å². The molecule has 0 aliphatic rings. The molecule has 1 N–H and O–H groups in total. The molecule has 0 radical (unpaired) electrons. The standard InChI is InChI=1S/C18H20BrN3O5S/c1-22(2)17(23)12-27-18-15(19)9-13(10-16(18)26-3)11-20-21-28(24,25)14-7-5-4-6-8-14/h4-11,21H,12H2,1-3H3/b20-11-. The molecule has 0 heterocycles. The van der Waals surface area contributed by atoms with E-state index in [1.807, 2.05) is 0 Å². The Morgan fingerprint density at radius 3 is 2.54 bits per heavy atom. The van der Waals surface area contributed by atoms with E-state index in [1.165, 1.54) is 30.4 Å². The zero-order valence-corrected chi connectivity index (χ0v) is 18.0. The third kappa shape index (κ3) is 5.70. The number of nitrogens with one attached hydrogen (secondary N) is 1. The molecule has 0 atom stereocenters. The summed E-state index contributed by atoms with van der Waals surface area (Å²) in [4.78, 5) is 15.4. The van der Waals surface area contributed by atoms with Crippen molar-refractivity contribution in [3.05, 3.63) is 52.5 Å². The third-order valence-electron chi connectivity index (χ3n) is 3.53. The molecule has 0 aliphatic carbocycles. The molecule has 2 aromatic carbocycles. The summed E-state index contributed by atoms with van der Waals surface area (Å²) in [5, 5.41) is 3.79. The maximum atomic E-state index is 12.2. The van der Waals surface area contributed by atoms with Gasteiger partial charge in [-0.1, -0.05) is 18.2 Å². The largest absolute Gasteiger partial charge is 0.493 e. The summed E-state index contributed by atoms with van der Waals surface area (Å²) in [6, 6.07) is 11.2. The van der Waals surface area contributed by atoms with Gasteiger partial charge < -0.3 is 14.4 Å². The number of carbonyl (C=O) groups excluding carboxylic acids is 1. The second-order valence-electron chi connectivity index (χ2n) is 5.78. The predicted octanol–water partition coefficient (Wildman–Crippen LogP) is 2.24. The normalized spacial score (nSPS) is 11.3. The fraction of sp³-hybridized carbons (Fsp3) is 0.222. The van der Waals surface area contributed by atoms with E-state index in [-0.39, 0.29) is 17.4 Å². The van der Waals surface area contributed by atoms with Crippen molar-refractivity contribution in [2.24, 2.45) is 5.10 Å². The zero-order valence-electron chi connectivity index (χ0n) is 15.5. The summed E-state index contributed by atoms with van der Waals surface area (Å²) < 4.78 is 35.7. The fourth-order valence-corrected chi connectivity index (χ4v) is 3.43. The molecule has 1 amide bonds. The van der Waals surface area contributed by atoms with E-state index in [1.54, 1.807) is 44.4 Å². The topological polar surface area (TPSA) is 97.3 Å². The van der Waals surface area contributed by atoms with Gasteiger partial charge in [0.05, 0.1) is 22.7 Å². The molecule has 10 heteroatoms. The second kappa shape index (κ2) is 9.56. The number of carbonyl (C=O) groups is 1. The second-order valence-corrected chi connectivity index (χ2v) is 8.29. The first-order valence-electron chi connectivity index (χ1n) is 8.05. The van der Waals surface area contributed by atoms with Crippen LogP contribution in [0.5, 0.6) is 11.5 Å². The van der Waals surface area contributed by atoms with Gasteiger partial charge in [-0.15, -0.1) is 0 Å². The monoisotopic (exact) mass is 469 g/mol. The highest BCUT2D eigenvalue weighted by atomic mass is 79.9. The van der Waals surface area contributed by atoms with Crippen LogP contribution in [-0.2, 0) is 14.8 Å². The van der Waals surface area contributed by atoms with Gasteiger partial charge in [0.2, 0.25) is 0 Å². The Balaban J connectivity index is 2.15. The van der Waals surface area contributed by atoms with Crippen molar-refractivity contribution >= 4 is 38.1 Å². The molecule has 0 fully saturated rings. The van der Waals surface area contributed by atoms with E-state index in [0.29, 0.717) is 21.5 Å². The number of hydrogen-bond donors (Lipinski definition) is 1. The number of amides is 1. The van der Waals surface area contributed by atoms with Gasteiger partial charge in [0.15, 0.2) is 18.1 Å². The quantitative estimate of drug-likeness (QED) is 0.472. The third-order valence-corrected chi connectivity index (χ3v) is 5.36. The van der Waals surface area contributed by atoms with Crippen molar-refractivity contribution in [3.8, 4) is 11.5 Å². The Morgan fingerprint density at radius 1 is 1.25 bits per heavy atom. The van der Waals surface area contributed by atoms with Crippen LogP contribution >= 0.6 is 15.9 Å². The highest BCUT2D eigenvalue weighted by molar-refractivity contribution is 9.10. The highest BCUT2D eigenvalue weighted by Crippen LogP contribution is 2.36. The summed E-state index contributed by atoms with van der Waals surface area (Å²) in [6.07, 6.45) is 1.34.